The number of hydrogen-bond donors (Lipinski definition) is 1. The van der Waals surface area contributed by atoms with Crippen molar-refractivity contribution >= 4 is 38.2 Å². The van der Waals surface area contributed by atoms with Gasteiger partial charge >= 0.3 is 0 Å². The number of benzene rings is 1. The van der Waals surface area contributed by atoms with E-state index in [4.69, 9.17) is 5.73 Å². The molecular weight excluding hydrogens is 326 g/mol. The molecule has 1 aromatic carbocycles. The minimum Gasteiger partial charge on any atom is -0.398 e. The number of nitrogens with two attached hydrogens (primary N) is 1. The first kappa shape index (κ1) is 14.6. The quantitative estimate of drug-likeness (QED) is 0.807. The maximum Gasteiger partial charge on any atom is 0.0956 e. The van der Waals surface area contributed by atoms with Gasteiger partial charge in [0, 0.05) is 34.8 Å². The van der Waals surface area contributed by atoms with Crippen LogP contribution in [0.3, 0.4) is 0 Å². The number of fused-ring (bicyclic) bond motifs is 1. The van der Waals surface area contributed by atoms with Crippen LogP contribution >= 0.6 is 15.9 Å². The summed E-state index contributed by atoms with van der Waals surface area (Å²) < 4.78 is 0.969. The molecule has 2 N–H and O–H groups in total. The van der Waals surface area contributed by atoms with Crippen LogP contribution in [0.15, 0.2) is 28.9 Å². The normalized spacial score (nSPS) is 18.1. The number of aromatic nitrogens is 1. The van der Waals surface area contributed by atoms with Gasteiger partial charge in [-0.25, -0.2) is 0 Å². The molecule has 0 atom stereocenters. The van der Waals surface area contributed by atoms with Gasteiger partial charge in [0.25, 0.3) is 0 Å². The third kappa shape index (κ3) is 2.73. The van der Waals surface area contributed by atoms with Gasteiger partial charge in [-0.1, -0.05) is 20.3 Å². The minimum atomic E-state index is 0.497. The van der Waals surface area contributed by atoms with Crippen LogP contribution in [0.4, 0.5) is 11.4 Å². The molecule has 4 heteroatoms. The monoisotopic (exact) mass is 347 g/mol. The third-order valence-corrected chi connectivity index (χ3v) is 5.43. The summed E-state index contributed by atoms with van der Waals surface area (Å²) in [6, 6.07) is 6.17. The topological polar surface area (TPSA) is 42.1 Å². The van der Waals surface area contributed by atoms with Gasteiger partial charge in [-0.05, 0) is 52.4 Å². The van der Waals surface area contributed by atoms with E-state index in [2.05, 4.69) is 51.8 Å². The van der Waals surface area contributed by atoms with E-state index in [-0.39, 0.29) is 0 Å². The van der Waals surface area contributed by atoms with Crippen LogP contribution in [0.5, 0.6) is 0 Å². The smallest absolute Gasteiger partial charge is 0.0956 e. The highest BCUT2D eigenvalue weighted by Crippen LogP contribution is 2.38. The number of hydrogen-bond acceptors (Lipinski definition) is 3. The van der Waals surface area contributed by atoms with Crippen molar-refractivity contribution in [2.45, 2.75) is 33.1 Å². The number of nitrogens with zero attached hydrogens (tertiary/aromatic N) is 2. The summed E-state index contributed by atoms with van der Waals surface area (Å²) in [4.78, 5) is 7.06. The number of nitrogen functional groups attached to an aromatic ring is 1. The number of pyridine rings is 1. The van der Waals surface area contributed by atoms with Crippen molar-refractivity contribution in [3.63, 3.8) is 0 Å². The molecule has 1 aliphatic rings. The summed E-state index contributed by atoms with van der Waals surface area (Å²) in [6.45, 7) is 6.90. The molecular formula is C17H22BrN3. The Morgan fingerprint density at radius 1 is 1.33 bits per heavy atom. The molecule has 0 unspecified atom stereocenters. The Balaban J connectivity index is 1.97. The average Bonchev–Trinajstić information content (AvgIpc) is 2.49. The lowest BCUT2D eigenvalue weighted by Crippen LogP contribution is -2.38. The van der Waals surface area contributed by atoms with Crippen LogP contribution < -0.4 is 10.6 Å². The van der Waals surface area contributed by atoms with E-state index >= 15 is 0 Å². The summed E-state index contributed by atoms with van der Waals surface area (Å²) in [6.07, 6.45) is 5.59. The minimum absolute atomic E-state index is 0.497. The summed E-state index contributed by atoms with van der Waals surface area (Å²) in [5.41, 5.74) is 9.62. The fourth-order valence-corrected chi connectivity index (χ4v) is 3.43. The predicted octanol–water partition coefficient (Wildman–Crippen LogP) is 4.60. The van der Waals surface area contributed by atoms with Crippen LogP contribution in [0.1, 0.15) is 33.1 Å². The highest BCUT2D eigenvalue weighted by atomic mass is 79.9. The van der Waals surface area contributed by atoms with Crippen molar-refractivity contribution in [3.05, 3.63) is 28.9 Å². The lowest BCUT2D eigenvalue weighted by Gasteiger charge is -2.40. The molecule has 1 fully saturated rings. The standard InChI is InChI=1S/C17H22BrN3/c1-3-17(2)6-8-21(9-7-17)15-5-4-14(19)13-10-12(18)11-20-16(13)15/h4-5,10-11H,3,6-9,19H2,1-2H3. The Labute approximate surface area is 134 Å². The maximum atomic E-state index is 6.11. The highest BCUT2D eigenvalue weighted by Gasteiger charge is 2.29. The Morgan fingerprint density at radius 2 is 2.05 bits per heavy atom. The van der Waals surface area contributed by atoms with Gasteiger partial charge in [-0.15, -0.1) is 0 Å². The van der Waals surface area contributed by atoms with E-state index in [1.165, 1.54) is 24.9 Å². The first-order valence-corrected chi connectivity index (χ1v) is 8.40. The van der Waals surface area contributed by atoms with Gasteiger partial charge in [-0.2, -0.15) is 0 Å². The van der Waals surface area contributed by atoms with Crippen LogP contribution in [-0.4, -0.2) is 18.1 Å². The van der Waals surface area contributed by atoms with E-state index in [0.29, 0.717) is 5.41 Å². The lowest BCUT2D eigenvalue weighted by atomic mass is 9.78. The van der Waals surface area contributed by atoms with Crippen LogP contribution in [0.25, 0.3) is 10.9 Å². The molecule has 3 nitrogen and oxygen atoms in total. The van der Waals surface area contributed by atoms with Crippen molar-refractivity contribution in [1.29, 1.82) is 0 Å². The molecule has 3 rings (SSSR count). The van der Waals surface area contributed by atoms with Crippen LogP contribution in [-0.2, 0) is 0 Å². The Morgan fingerprint density at radius 3 is 2.71 bits per heavy atom. The molecule has 0 bridgehead atoms. The van der Waals surface area contributed by atoms with Crippen LogP contribution in [0.2, 0.25) is 0 Å². The zero-order valence-electron chi connectivity index (χ0n) is 12.7. The molecule has 0 saturated carbocycles. The molecule has 21 heavy (non-hydrogen) atoms. The summed E-state index contributed by atoms with van der Waals surface area (Å²) in [7, 11) is 0. The summed E-state index contributed by atoms with van der Waals surface area (Å²) in [5.74, 6) is 0. The van der Waals surface area contributed by atoms with Crippen molar-refractivity contribution in [1.82, 2.24) is 4.98 Å². The molecule has 112 valence electrons. The molecule has 1 aromatic heterocycles. The average molecular weight is 348 g/mol. The van der Waals surface area contributed by atoms with Gasteiger partial charge in [0.2, 0.25) is 0 Å². The number of piperidine rings is 1. The van der Waals surface area contributed by atoms with E-state index in [1.807, 2.05) is 12.3 Å². The SMILES string of the molecule is CCC1(C)CCN(c2ccc(N)c3cc(Br)cnc23)CC1. The fourth-order valence-electron chi connectivity index (χ4n) is 3.10. The summed E-state index contributed by atoms with van der Waals surface area (Å²) in [5, 5.41) is 1.03. The molecule has 2 heterocycles. The Bertz CT molecular complexity index is 660. The number of halogens is 1. The Hall–Kier alpha value is -1.29. The summed E-state index contributed by atoms with van der Waals surface area (Å²) >= 11 is 3.48. The first-order chi connectivity index (χ1) is 10.0. The largest absolute Gasteiger partial charge is 0.398 e. The van der Waals surface area contributed by atoms with E-state index < -0.39 is 0 Å². The predicted molar refractivity (Wildman–Crippen MR) is 93.7 cm³/mol. The van der Waals surface area contributed by atoms with Crippen molar-refractivity contribution in [2.24, 2.45) is 5.41 Å². The Kier molecular flexibility index (Phi) is 3.82. The molecule has 0 amide bonds. The van der Waals surface area contributed by atoms with Gasteiger partial charge in [0.05, 0.1) is 11.2 Å². The van der Waals surface area contributed by atoms with Crippen molar-refractivity contribution in [2.75, 3.05) is 23.7 Å². The van der Waals surface area contributed by atoms with Gasteiger partial charge in [0.1, 0.15) is 0 Å². The van der Waals surface area contributed by atoms with Gasteiger partial charge in [0.15, 0.2) is 0 Å². The number of anilines is 2. The maximum absolute atomic E-state index is 6.11. The lowest BCUT2D eigenvalue weighted by molar-refractivity contribution is 0.238. The molecule has 1 saturated heterocycles. The molecule has 0 radical (unpaired) electrons. The van der Waals surface area contributed by atoms with E-state index in [9.17, 15) is 0 Å². The van der Waals surface area contributed by atoms with Gasteiger partial charge in [-0.3, -0.25) is 4.98 Å². The van der Waals surface area contributed by atoms with Crippen molar-refractivity contribution in [3.8, 4) is 0 Å². The third-order valence-electron chi connectivity index (χ3n) is 4.99. The first-order valence-electron chi connectivity index (χ1n) is 7.61. The zero-order valence-corrected chi connectivity index (χ0v) is 14.3. The fraction of sp³-hybridized carbons (Fsp3) is 0.471. The van der Waals surface area contributed by atoms with E-state index in [0.717, 1.165) is 34.2 Å². The molecule has 0 aliphatic carbocycles. The van der Waals surface area contributed by atoms with E-state index in [1.54, 1.807) is 0 Å². The highest BCUT2D eigenvalue weighted by molar-refractivity contribution is 9.10. The second-order valence-electron chi connectivity index (χ2n) is 6.37. The second-order valence-corrected chi connectivity index (χ2v) is 7.29. The molecule has 0 spiro atoms. The molecule has 2 aromatic rings. The second kappa shape index (κ2) is 5.48. The van der Waals surface area contributed by atoms with Crippen molar-refractivity contribution < 1.29 is 0 Å². The number of rotatable bonds is 2. The zero-order chi connectivity index (χ0) is 15.0. The van der Waals surface area contributed by atoms with Crippen LogP contribution in [0, 0.1) is 5.41 Å². The van der Waals surface area contributed by atoms with Gasteiger partial charge < -0.3 is 10.6 Å². The molecule has 1 aliphatic heterocycles.